The number of hydrogen-bond acceptors (Lipinski definition) is 6. The van der Waals surface area contributed by atoms with Gasteiger partial charge in [0.1, 0.15) is 18.8 Å². The molecule has 0 spiro atoms. The molecule has 0 N–H and O–H groups in total. The number of benzene rings is 4. The molecule has 1 aliphatic rings. The van der Waals surface area contributed by atoms with Gasteiger partial charge in [-0.3, -0.25) is 15.0 Å². The number of nitro benzene ring substituents is 1. The zero-order chi connectivity index (χ0) is 28.4. The predicted octanol–water partition coefficient (Wildman–Crippen LogP) is 6.33. The van der Waals surface area contributed by atoms with E-state index in [1.807, 2.05) is 91.0 Å². The predicted molar refractivity (Wildman–Crippen MR) is 154 cm³/mol. The molecule has 5 rings (SSSR count). The third kappa shape index (κ3) is 7.57. The molecule has 0 bridgehead atoms. The van der Waals surface area contributed by atoms with Crippen LogP contribution >= 0.6 is 0 Å². The molecular weight excluding hydrogens is 520 g/mol. The Morgan fingerprint density at radius 3 is 1.76 bits per heavy atom. The van der Waals surface area contributed by atoms with Crippen molar-refractivity contribution in [1.29, 1.82) is 0 Å². The molecule has 1 aliphatic heterocycles. The zero-order valence-electron chi connectivity index (χ0n) is 22.6. The first-order valence-electron chi connectivity index (χ1n) is 13.6. The van der Waals surface area contributed by atoms with Gasteiger partial charge in [0.25, 0.3) is 5.69 Å². The zero-order valence-corrected chi connectivity index (χ0v) is 22.6. The number of nitrogens with zero attached hydrogens (tertiary/aromatic N) is 2. The fourth-order valence-electron chi connectivity index (χ4n) is 5.00. The van der Waals surface area contributed by atoms with Gasteiger partial charge in [0.2, 0.25) is 0 Å². The second-order valence-electron chi connectivity index (χ2n) is 9.98. The fraction of sp³-hybridized carbons (Fsp3) is 0.242. The summed E-state index contributed by atoms with van der Waals surface area (Å²) in [6.07, 6.45) is -0.909. The van der Waals surface area contributed by atoms with Gasteiger partial charge in [0, 0.05) is 12.1 Å². The maximum atomic E-state index is 13.5. The third-order valence-electron chi connectivity index (χ3n) is 7.15. The van der Waals surface area contributed by atoms with Crippen LogP contribution in [0, 0.1) is 10.1 Å². The van der Waals surface area contributed by atoms with Crippen LogP contribution in [0.2, 0.25) is 0 Å². The molecule has 1 saturated heterocycles. The van der Waals surface area contributed by atoms with Gasteiger partial charge in [-0.2, -0.15) is 0 Å². The second kappa shape index (κ2) is 13.7. The molecule has 1 heterocycles. The number of rotatable bonds is 11. The lowest BCUT2D eigenvalue weighted by molar-refractivity contribution is -0.384. The maximum Gasteiger partial charge on any atom is 0.410 e. The van der Waals surface area contributed by atoms with E-state index in [1.54, 1.807) is 17.0 Å². The van der Waals surface area contributed by atoms with Crippen molar-refractivity contribution in [2.24, 2.45) is 0 Å². The molecule has 0 radical (unpaired) electrons. The highest BCUT2D eigenvalue weighted by Gasteiger charge is 2.46. The van der Waals surface area contributed by atoms with Gasteiger partial charge in [-0.05, 0) is 28.7 Å². The summed E-state index contributed by atoms with van der Waals surface area (Å²) in [7, 11) is 0. The number of nitro groups is 1. The van der Waals surface area contributed by atoms with Crippen molar-refractivity contribution in [2.45, 2.75) is 44.5 Å². The van der Waals surface area contributed by atoms with Crippen LogP contribution in [0.5, 0.6) is 0 Å². The van der Waals surface area contributed by atoms with E-state index < -0.39 is 29.3 Å². The summed E-state index contributed by atoms with van der Waals surface area (Å²) in [4.78, 5) is 25.9. The highest BCUT2D eigenvalue weighted by Crippen LogP contribution is 2.30. The SMILES string of the molecule is O=C(OCc1ccccc1)N1C[C@H](OCc2ccccc2)[C@@H](OCc2ccccc2)[C@H]1Cc1ccc([N+](=O)[O-])cc1. The molecule has 3 atom stereocenters. The summed E-state index contributed by atoms with van der Waals surface area (Å²) >= 11 is 0. The van der Waals surface area contributed by atoms with Crippen LogP contribution in [0.1, 0.15) is 22.3 Å². The molecule has 8 heteroatoms. The van der Waals surface area contributed by atoms with E-state index in [0.717, 1.165) is 22.3 Å². The Hall–Kier alpha value is -4.53. The van der Waals surface area contributed by atoms with Crippen LogP contribution in [0.3, 0.4) is 0 Å². The van der Waals surface area contributed by atoms with E-state index in [2.05, 4.69) is 0 Å². The number of carbonyl (C=O) groups excluding carboxylic acids is 1. The van der Waals surface area contributed by atoms with Gasteiger partial charge in [-0.1, -0.05) is 103 Å². The minimum absolute atomic E-state index is 0.0141. The first kappa shape index (κ1) is 28.0. The average Bonchev–Trinajstić information content (AvgIpc) is 3.36. The van der Waals surface area contributed by atoms with Crippen LogP contribution in [0.25, 0.3) is 0 Å². The van der Waals surface area contributed by atoms with E-state index in [1.165, 1.54) is 12.1 Å². The number of hydrogen-bond donors (Lipinski definition) is 0. The highest BCUT2D eigenvalue weighted by atomic mass is 16.6. The molecular formula is C33H32N2O6. The van der Waals surface area contributed by atoms with Gasteiger partial charge < -0.3 is 14.2 Å². The van der Waals surface area contributed by atoms with E-state index in [4.69, 9.17) is 14.2 Å². The Kier molecular flexibility index (Phi) is 9.36. The van der Waals surface area contributed by atoms with Crippen LogP contribution in [-0.2, 0) is 40.5 Å². The highest BCUT2D eigenvalue weighted by molar-refractivity contribution is 5.69. The monoisotopic (exact) mass is 552 g/mol. The first-order valence-corrected chi connectivity index (χ1v) is 13.6. The minimum Gasteiger partial charge on any atom is -0.445 e. The van der Waals surface area contributed by atoms with Gasteiger partial charge in [-0.15, -0.1) is 0 Å². The standard InChI is InChI=1S/C33H32N2O6/c36-33(41-24-28-14-8-3-9-15-28)34-21-31(39-22-26-10-4-1-5-11-26)32(40-23-27-12-6-2-7-13-27)30(34)20-25-16-18-29(19-17-25)35(37)38/h1-19,30-32H,20-24H2/t30-,31+,32+/m1/s1. The Balaban J connectivity index is 1.40. The Labute approximate surface area is 239 Å². The van der Waals surface area contributed by atoms with Crippen molar-refractivity contribution in [3.05, 3.63) is 148 Å². The number of carbonyl (C=O) groups is 1. The fourth-order valence-corrected chi connectivity index (χ4v) is 5.00. The lowest BCUT2D eigenvalue weighted by atomic mass is 10.0. The molecule has 0 aromatic heterocycles. The van der Waals surface area contributed by atoms with E-state index >= 15 is 0 Å². The number of ether oxygens (including phenoxy) is 3. The molecule has 0 aliphatic carbocycles. The Morgan fingerprint density at radius 2 is 1.22 bits per heavy atom. The Bertz CT molecular complexity index is 1400. The van der Waals surface area contributed by atoms with Gasteiger partial charge in [-0.25, -0.2) is 4.79 Å². The Morgan fingerprint density at radius 1 is 0.707 bits per heavy atom. The van der Waals surface area contributed by atoms with Crippen molar-refractivity contribution < 1.29 is 23.9 Å². The van der Waals surface area contributed by atoms with Crippen LogP contribution in [0.4, 0.5) is 10.5 Å². The molecule has 4 aromatic carbocycles. The molecule has 4 aromatic rings. The molecule has 0 saturated carbocycles. The number of non-ortho nitro benzene ring substituents is 1. The van der Waals surface area contributed by atoms with Crippen molar-refractivity contribution in [1.82, 2.24) is 4.90 Å². The maximum absolute atomic E-state index is 13.5. The second-order valence-corrected chi connectivity index (χ2v) is 9.98. The summed E-state index contributed by atoms with van der Waals surface area (Å²) in [5, 5.41) is 11.2. The summed E-state index contributed by atoms with van der Waals surface area (Å²) in [6.45, 7) is 1.15. The molecule has 41 heavy (non-hydrogen) atoms. The largest absolute Gasteiger partial charge is 0.445 e. The molecule has 0 unspecified atom stereocenters. The number of amides is 1. The lowest BCUT2D eigenvalue weighted by Gasteiger charge is -2.28. The van der Waals surface area contributed by atoms with Crippen LogP contribution < -0.4 is 0 Å². The molecule has 210 valence electrons. The van der Waals surface area contributed by atoms with Gasteiger partial charge in [0.15, 0.2) is 0 Å². The summed E-state index contributed by atoms with van der Waals surface area (Å²) in [5.41, 5.74) is 3.78. The molecule has 1 amide bonds. The van der Waals surface area contributed by atoms with E-state index in [9.17, 15) is 14.9 Å². The van der Waals surface area contributed by atoms with Gasteiger partial charge in [0.05, 0.1) is 30.7 Å². The number of likely N-dealkylation sites (tertiary alicyclic amines) is 1. The smallest absolute Gasteiger partial charge is 0.410 e. The van der Waals surface area contributed by atoms with E-state index in [0.29, 0.717) is 19.6 Å². The van der Waals surface area contributed by atoms with Gasteiger partial charge >= 0.3 is 6.09 Å². The lowest BCUT2D eigenvalue weighted by Crippen LogP contribution is -2.42. The normalized spacial score (nSPS) is 18.2. The van der Waals surface area contributed by atoms with Crippen LogP contribution in [0.15, 0.2) is 115 Å². The molecule has 1 fully saturated rings. The quantitative estimate of drug-likeness (QED) is 0.160. The summed E-state index contributed by atoms with van der Waals surface area (Å²) < 4.78 is 18.6. The van der Waals surface area contributed by atoms with E-state index in [-0.39, 0.29) is 18.8 Å². The summed E-state index contributed by atoms with van der Waals surface area (Å²) in [5.74, 6) is 0. The van der Waals surface area contributed by atoms with Crippen molar-refractivity contribution in [3.8, 4) is 0 Å². The van der Waals surface area contributed by atoms with Crippen LogP contribution in [-0.4, -0.2) is 40.7 Å². The third-order valence-corrected chi connectivity index (χ3v) is 7.15. The van der Waals surface area contributed by atoms with Crippen molar-refractivity contribution >= 4 is 11.8 Å². The molecule has 8 nitrogen and oxygen atoms in total. The van der Waals surface area contributed by atoms with Crippen molar-refractivity contribution in [2.75, 3.05) is 6.54 Å². The minimum atomic E-state index is -0.460. The summed E-state index contributed by atoms with van der Waals surface area (Å²) in [6, 6.07) is 35.2. The first-order chi connectivity index (χ1) is 20.1. The topological polar surface area (TPSA) is 91.1 Å². The van der Waals surface area contributed by atoms with Crippen molar-refractivity contribution in [3.63, 3.8) is 0 Å². The average molecular weight is 553 g/mol.